The molecule has 7 nitrogen and oxygen atoms in total. The van der Waals surface area contributed by atoms with Gasteiger partial charge in [0.1, 0.15) is 11.6 Å². The van der Waals surface area contributed by atoms with E-state index < -0.39 is 0 Å². The number of hydrogen-bond acceptors (Lipinski definition) is 5. The first-order valence-corrected chi connectivity index (χ1v) is 8.03. The summed E-state index contributed by atoms with van der Waals surface area (Å²) in [6.07, 6.45) is 1.80. The minimum absolute atomic E-state index is 0.132. The fraction of sp³-hybridized carbons (Fsp3) is 0.625. The molecule has 0 saturated carbocycles. The third-order valence-electron chi connectivity index (χ3n) is 5.00. The third kappa shape index (κ3) is 2.69. The Bertz CT molecular complexity index is 659. The molecule has 2 fully saturated rings. The van der Waals surface area contributed by atoms with E-state index in [1.165, 1.54) is 0 Å². The molecule has 0 spiro atoms. The van der Waals surface area contributed by atoms with E-state index in [9.17, 15) is 10.1 Å². The molecule has 2 saturated heterocycles. The fourth-order valence-corrected chi connectivity index (χ4v) is 3.35. The highest BCUT2D eigenvalue weighted by molar-refractivity contribution is 5.76. The monoisotopic (exact) mass is 314 g/mol. The van der Waals surface area contributed by atoms with Crippen LogP contribution in [0.15, 0.2) is 0 Å². The number of carbonyl (C=O) groups excluding carboxylic acids is 1. The number of rotatable bonds is 2. The lowest BCUT2D eigenvalue weighted by Crippen LogP contribution is -2.46. The minimum Gasteiger partial charge on any atom is -0.354 e. The summed E-state index contributed by atoms with van der Waals surface area (Å²) in [4.78, 5) is 18.0. The zero-order chi connectivity index (χ0) is 16.6. The maximum Gasteiger partial charge on any atom is 0.320 e. The molecule has 2 aliphatic heterocycles. The molecule has 7 heteroatoms. The molecule has 0 N–H and O–H groups in total. The molecule has 0 bridgehead atoms. The molecule has 0 atom stereocenters. The van der Waals surface area contributed by atoms with Crippen LogP contribution >= 0.6 is 0 Å². The molecule has 1 aromatic heterocycles. The highest BCUT2D eigenvalue weighted by Gasteiger charge is 2.34. The number of anilines is 1. The Kier molecular flexibility index (Phi) is 4.07. The van der Waals surface area contributed by atoms with Crippen molar-refractivity contribution in [2.24, 2.45) is 0 Å². The number of nitrogens with zero attached hydrogens (tertiary/aromatic N) is 6. The second kappa shape index (κ2) is 6.03. The van der Waals surface area contributed by atoms with Gasteiger partial charge in [0.2, 0.25) is 0 Å². The van der Waals surface area contributed by atoms with E-state index in [-0.39, 0.29) is 12.1 Å². The second-order valence-electron chi connectivity index (χ2n) is 6.34. The average molecular weight is 314 g/mol. The molecule has 0 radical (unpaired) electrons. The molecule has 0 aromatic carbocycles. The molecule has 0 aliphatic carbocycles. The second-order valence-corrected chi connectivity index (χ2v) is 6.34. The van der Waals surface area contributed by atoms with Crippen molar-refractivity contribution in [3.63, 3.8) is 0 Å². The first-order valence-electron chi connectivity index (χ1n) is 8.03. The van der Waals surface area contributed by atoms with E-state index in [4.69, 9.17) is 0 Å². The van der Waals surface area contributed by atoms with Crippen molar-refractivity contribution in [3.8, 4) is 6.07 Å². The fourth-order valence-electron chi connectivity index (χ4n) is 3.35. The lowest BCUT2D eigenvalue weighted by atomic mass is 10.0. The first-order chi connectivity index (χ1) is 11.0. The summed E-state index contributed by atoms with van der Waals surface area (Å²) in [5.74, 6) is 0.680. The van der Waals surface area contributed by atoms with Gasteiger partial charge in [0.05, 0.1) is 5.69 Å². The van der Waals surface area contributed by atoms with Crippen molar-refractivity contribution in [1.29, 1.82) is 5.26 Å². The lowest BCUT2D eigenvalue weighted by Gasteiger charge is -2.37. The van der Waals surface area contributed by atoms with Crippen LogP contribution < -0.4 is 4.90 Å². The Morgan fingerprint density at radius 1 is 1.13 bits per heavy atom. The topological polar surface area (TPSA) is 76.4 Å². The number of carbonyl (C=O) groups is 1. The number of hydrogen-bond donors (Lipinski definition) is 0. The largest absolute Gasteiger partial charge is 0.354 e. The van der Waals surface area contributed by atoms with E-state index in [2.05, 4.69) is 21.2 Å². The van der Waals surface area contributed by atoms with E-state index >= 15 is 0 Å². The molecule has 2 amide bonds. The predicted molar refractivity (Wildman–Crippen MR) is 86.2 cm³/mol. The molecule has 23 heavy (non-hydrogen) atoms. The smallest absolute Gasteiger partial charge is 0.320 e. The van der Waals surface area contributed by atoms with Crippen molar-refractivity contribution in [2.45, 2.75) is 32.7 Å². The maximum absolute atomic E-state index is 12.1. The van der Waals surface area contributed by atoms with Crippen molar-refractivity contribution in [1.82, 2.24) is 20.0 Å². The van der Waals surface area contributed by atoms with E-state index in [0.717, 1.165) is 50.3 Å². The minimum atomic E-state index is 0.132. The summed E-state index contributed by atoms with van der Waals surface area (Å²) < 4.78 is 0. The number of amides is 2. The third-order valence-corrected chi connectivity index (χ3v) is 5.00. The van der Waals surface area contributed by atoms with Gasteiger partial charge in [0.25, 0.3) is 0 Å². The summed E-state index contributed by atoms with van der Waals surface area (Å²) in [7, 11) is 1.85. The van der Waals surface area contributed by atoms with E-state index in [1.54, 1.807) is 4.90 Å². The molecular formula is C16H22N6O. The van der Waals surface area contributed by atoms with Gasteiger partial charge >= 0.3 is 6.03 Å². The Labute approximate surface area is 136 Å². The van der Waals surface area contributed by atoms with Crippen molar-refractivity contribution < 1.29 is 4.79 Å². The van der Waals surface area contributed by atoms with Crippen LogP contribution in [-0.4, -0.2) is 65.3 Å². The summed E-state index contributed by atoms with van der Waals surface area (Å²) in [5, 5.41) is 17.9. The number of aromatic nitrogens is 2. The predicted octanol–water partition coefficient (Wildman–Crippen LogP) is 1.30. The van der Waals surface area contributed by atoms with E-state index in [0.29, 0.717) is 11.4 Å². The highest BCUT2D eigenvalue weighted by Crippen LogP contribution is 2.27. The van der Waals surface area contributed by atoms with Gasteiger partial charge in [-0.1, -0.05) is 0 Å². The van der Waals surface area contributed by atoms with Gasteiger partial charge in [-0.15, -0.1) is 5.10 Å². The van der Waals surface area contributed by atoms with Gasteiger partial charge in [-0.2, -0.15) is 10.4 Å². The number of urea groups is 1. The summed E-state index contributed by atoms with van der Waals surface area (Å²) in [6.45, 7) is 6.99. The van der Waals surface area contributed by atoms with Gasteiger partial charge in [-0.05, 0) is 32.3 Å². The van der Waals surface area contributed by atoms with Crippen molar-refractivity contribution >= 4 is 11.8 Å². The van der Waals surface area contributed by atoms with Crippen LogP contribution in [0, 0.1) is 25.2 Å². The molecular weight excluding hydrogens is 292 g/mol. The molecule has 3 heterocycles. The molecule has 122 valence electrons. The van der Waals surface area contributed by atoms with Gasteiger partial charge in [0, 0.05) is 39.3 Å². The number of aryl methyl sites for hydroxylation is 1. The standard InChI is InChI=1S/C16H22N6O/c1-11-12(2)18-19-15(14(11)10-17)21-6-4-13(5-7-21)22-9-8-20(3)16(22)23/h13H,4-9H2,1-3H3. The summed E-state index contributed by atoms with van der Waals surface area (Å²) in [5.41, 5.74) is 2.31. The van der Waals surface area contributed by atoms with Crippen LogP contribution in [-0.2, 0) is 0 Å². The molecule has 2 aliphatic rings. The van der Waals surface area contributed by atoms with Gasteiger partial charge < -0.3 is 14.7 Å². The zero-order valence-electron chi connectivity index (χ0n) is 13.9. The molecule has 1 aromatic rings. The SMILES string of the molecule is Cc1nnc(N2CCC(N3CCN(C)C3=O)CC2)c(C#N)c1C. The van der Waals surface area contributed by atoms with Crippen molar-refractivity contribution in [2.75, 3.05) is 38.1 Å². The normalized spacial score (nSPS) is 19.4. The van der Waals surface area contributed by atoms with Gasteiger partial charge in [-0.25, -0.2) is 4.79 Å². The maximum atomic E-state index is 12.1. The number of nitriles is 1. The van der Waals surface area contributed by atoms with Crippen LogP contribution in [0.25, 0.3) is 0 Å². The quantitative estimate of drug-likeness (QED) is 0.822. The lowest BCUT2D eigenvalue weighted by molar-refractivity contribution is 0.173. The Morgan fingerprint density at radius 3 is 2.39 bits per heavy atom. The molecule has 0 unspecified atom stereocenters. The van der Waals surface area contributed by atoms with E-state index in [1.807, 2.05) is 25.8 Å². The summed E-state index contributed by atoms with van der Waals surface area (Å²) in [6, 6.07) is 2.68. The zero-order valence-corrected chi connectivity index (χ0v) is 13.9. The van der Waals surface area contributed by atoms with Crippen LogP contribution in [0.3, 0.4) is 0 Å². The number of likely N-dealkylation sites (N-methyl/N-ethyl adjacent to an activating group) is 1. The highest BCUT2D eigenvalue weighted by atomic mass is 16.2. The van der Waals surface area contributed by atoms with Crippen LogP contribution in [0.5, 0.6) is 0 Å². The van der Waals surface area contributed by atoms with Crippen LogP contribution in [0.1, 0.15) is 29.7 Å². The Balaban J connectivity index is 1.72. The average Bonchev–Trinajstić information content (AvgIpc) is 2.89. The Hall–Kier alpha value is -2.36. The Morgan fingerprint density at radius 2 is 1.83 bits per heavy atom. The van der Waals surface area contributed by atoms with Gasteiger partial charge in [-0.3, -0.25) is 0 Å². The number of piperidine rings is 1. The van der Waals surface area contributed by atoms with Crippen LogP contribution in [0.4, 0.5) is 10.6 Å². The van der Waals surface area contributed by atoms with Gasteiger partial charge in [0.15, 0.2) is 5.82 Å². The van der Waals surface area contributed by atoms with Crippen molar-refractivity contribution in [3.05, 3.63) is 16.8 Å². The van der Waals surface area contributed by atoms with Crippen LogP contribution in [0.2, 0.25) is 0 Å². The first kappa shape index (κ1) is 15.5. The molecule has 3 rings (SSSR count). The summed E-state index contributed by atoms with van der Waals surface area (Å²) >= 11 is 0.